The molecule has 1 heterocycles. The average molecular weight is 282 g/mol. The first-order chi connectivity index (χ1) is 8.22. The fraction of sp³-hybridized carbons (Fsp3) is 0.0833. The fourth-order valence-electron chi connectivity index (χ4n) is 1.41. The molecule has 0 aliphatic rings. The third-order valence-corrected chi connectivity index (χ3v) is 5.01. The molecule has 0 atom stereocenters. The molecule has 0 radical (unpaired) electrons. The summed E-state index contributed by atoms with van der Waals surface area (Å²) in [7, 11) is 0. The van der Waals surface area contributed by atoms with Crippen molar-refractivity contribution in [2.75, 3.05) is 6.26 Å². The molecule has 0 saturated carbocycles. The number of hydrogen-bond acceptors (Lipinski definition) is 4. The summed E-state index contributed by atoms with van der Waals surface area (Å²) in [5, 5.41) is 11.3. The van der Waals surface area contributed by atoms with Crippen molar-refractivity contribution in [1.82, 2.24) is 0 Å². The van der Waals surface area contributed by atoms with Gasteiger partial charge in [-0.05, 0) is 29.8 Å². The predicted molar refractivity (Wildman–Crippen MR) is 73.6 cm³/mol. The molecule has 1 aromatic carbocycles. The Balaban J connectivity index is 2.42. The summed E-state index contributed by atoms with van der Waals surface area (Å²) in [6.45, 7) is 0. The molecule has 0 fully saturated rings. The Morgan fingerprint density at radius 1 is 1.24 bits per heavy atom. The van der Waals surface area contributed by atoms with E-state index in [1.54, 1.807) is 11.3 Å². The van der Waals surface area contributed by atoms with E-state index in [1.807, 2.05) is 42.0 Å². The third kappa shape index (κ3) is 2.86. The Morgan fingerprint density at radius 3 is 2.59 bits per heavy atom. The van der Waals surface area contributed by atoms with Crippen LogP contribution in [-0.4, -0.2) is 17.3 Å². The van der Waals surface area contributed by atoms with Gasteiger partial charge in [0.05, 0.1) is 9.77 Å². The predicted octanol–water partition coefficient (Wildman–Crippen LogP) is 4.32. The topological polar surface area (TPSA) is 37.3 Å². The van der Waals surface area contributed by atoms with Crippen molar-refractivity contribution in [3.05, 3.63) is 41.3 Å². The molecule has 0 unspecified atom stereocenters. The van der Waals surface area contributed by atoms with Gasteiger partial charge in [-0.25, -0.2) is 4.79 Å². The molecule has 0 saturated heterocycles. The molecular formula is C12H10O2S3. The van der Waals surface area contributed by atoms with Crippen LogP contribution in [0.25, 0.3) is 0 Å². The van der Waals surface area contributed by atoms with E-state index in [-0.39, 0.29) is 0 Å². The van der Waals surface area contributed by atoms with Gasteiger partial charge < -0.3 is 5.11 Å². The normalized spacial score (nSPS) is 10.4. The Hall–Kier alpha value is -0.910. The van der Waals surface area contributed by atoms with E-state index < -0.39 is 5.97 Å². The van der Waals surface area contributed by atoms with E-state index in [9.17, 15) is 9.90 Å². The lowest BCUT2D eigenvalue weighted by atomic mass is 10.2. The monoisotopic (exact) mass is 282 g/mol. The van der Waals surface area contributed by atoms with E-state index >= 15 is 0 Å². The number of aromatic carboxylic acids is 1. The van der Waals surface area contributed by atoms with Gasteiger partial charge in [0.1, 0.15) is 0 Å². The van der Waals surface area contributed by atoms with E-state index in [4.69, 9.17) is 0 Å². The number of rotatable bonds is 4. The maximum atomic E-state index is 11.3. The van der Waals surface area contributed by atoms with Crippen molar-refractivity contribution in [2.45, 2.75) is 14.0 Å². The number of thioether (sulfide) groups is 1. The Bertz CT molecular complexity index is 521. The number of hydrogen-bond donors (Lipinski definition) is 1. The van der Waals surface area contributed by atoms with Crippen molar-refractivity contribution in [3.63, 3.8) is 0 Å². The quantitative estimate of drug-likeness (QED) is 0.847. The van der Waals surface area contributed by atoms with Gasteiger partial charge in [-0.3, -0.25) is 0 Å². The van der Waals surface area contributed by atoms with Crippen molar-refractivity contribution in [3.8, 4) is 0 Å². The van der Waals surface area contributed by atoms with Crippen LogP contribution in [0.3, 0.4) is 0 Å². The maximum Gasteiger partial charge on any atom is 0.337 e. The van der Waals surface area contributed by atoms with Crippen LogP contribution < -0.4 is 0 Å². The molecule has 17 heavy (non-hydrogen) atoms. The first kappa shape index (κ1) is 12.5. The molecule has 0 aliphatic carbocycles. The molecule has 1 aromatic heterocycles. The summed E-state index contributed by atoms with van der Waals surface area (Å²) < 4.78 is 1.10. The van der Waals surface area contributed by atoms with E-state index in [0.29, 0.717) is 5.56 Å². The van der Waals surface area contributed by atoms with Gasteiger partial charge in [0, 0.05) is 9.79 Å². The van der Waals surface area contributed by atoms with E-state index in [0.717, 1.165) is 14.0 Å². The zero-order valence-electron chi connectivity index (χ0n) is 9.04. The largest absolute Gasteiger partial charge is 0.478 e. The standard InChI is InChI=1S/C12H10O2S3/c1-15-8-4-2-5-9(11(8)12(13)14)17-10-6-3-7-16-10/h2-7H,1H3,(H,13,14). The number of benzene rings is 1. The van der Waals surface area contributed by atoms with Crippen LogP contribution in [0.15, 0.2) is 49.7 Å². The SMILES string of the molecule is CSc1cccc(Sc2cccs2)c1C(=O)O. The zero-order chi connectivity index (χ0) is 12.3. The molecule has 2 aromatic rings. The summed E-state index contributed by atoms with van der Waals surface area (Å²) in [5.74, 6) is -0.867. The van der Waals surface area contributed by atoms with Crippen LogP contribution in [0.2, 0.25) is 0 Å². The summed E-state index contributed by atoms with van der Waals surface area (Å²) >= 11 is 4.58. The summed E-state index contributed by atoms with van der Waals surface area (Å²) in [6, 6.07) is 9.55. The van der Waals surface area contributed by atoms with Gasteiger partial charge >= 0.3 is 5.97 Å². The lowest BCUT2D eigenvalue weighted by Gasteiger charge is -2.08. The van der Waals surface area contributed by atoms with Gasteiger partial charge in [-0.2, -0.15) is 0 Å². The number of thiophene rings is 1. The summed E-state index contributed by atoms with van der Waals surface area (Å²) in [5.41, 5.74) is 0.401. The number of carboxylic acids is 1. The zero-order valence-corrected chi connectivity index (χ0v) is 11.5. The second kappa shape index (κ2) is 5.62. The molecule has 0 aliphatic heterocycles. The highest BCUT2D eigenvalue weighted by Crippen LogP contribution is 2.36. The molecule has 2 rings (SSSR count). The van der Waals surface area contributed by atoms with Crippen molar-refractivity contribution in [2.24, 2.45) is 0 Å². The molecular weight excluding hydrogens is 272 g/mol. The third-order valence-electron chi connectivity index (χ3n) is 2.13. The summed E-state index contributed by atoms with van der Waals surface area (Å²) in [6.07, 6.45) is 1.89. The van der Waals surface area contributed by atoms with Crippen LogP contribution in [0.4, 0.5) is 0 Å². The fourth-order valence-corrected chi connectivity index (χ4v) is 3.97. The highest BCUT2D eigenvalue weighted by molar-refractivity contribution is 8.01. The molecule has 5 heteroatoms. The van der Waals surface area contributed by atoms with Crippen LogP contribution in [0.1, 0.15) is 10.4 Å². The van der Waals surface area contributed by atoms with Gasteiger partial charge in [-0.15, -0.1) is 23.1 Å². The minimum atomic E-state index is -0.867. The van der Waals surface area contributed by atoms with E-state index in [1.165, 1.54) is 23.5 Å². The molecule has 0 amide bonds. The second-order valence-electron chi connectivity index (χ2n) is 3.17. The van der Waals surface area contributed by atoms with Crippen LogP contribution in [0, 0.1) is 0 Å². The Labute approximate surface area is 112 Å². The number of carbonyl (C=O) groups is 1. The smallest absolute Gasteiger partial charge is 0.337 e. The van der Waals surface area contributed by atoms with Gasteiger partial charge in [0.25, 0.3) is 0 Å². The maximum absolute atomic E-state index is 11.3. The van der Waals surface area contributed by atoms with Crippen molar-refractivity contribution >= 4 is 40.8 Å². The Kier molecular flexibility index (Phi) is 4.15. The van der Waals surface area contributed by atoms with Crippen molar-refractivity contribution < 1.29 is 9.90 Å². The van der Waals surface area contributed by atoms with Gasteiger partial charge in [0.2, 0.25) is 0 Å². The van der Waals surface area contributed by atoms with E-state index in [2.05, 4.69) is 0 Å². The minimum absolute atomic E-state index is 0.401. The molecule has 88 valence electrons. The van der Waals surface area contributed by atoms with Gasteiger partial charge in [-0.1, -0.05) is 23.9 Å². The first-order valence-corrected chi connectivity index (χ1v) is 7.76. The Morgan fingerprint density at radius 2 is 2.00 bits per heavy atom. The molecule has 0 bridgehead atoms. The second-order valence-corrected chi connectivity index (χ2v) is 6.31. The lowest BCUT2D eigenvalue weighted by molar-refractivity contribution is 0.0689. The van der Waals surface area contributed by atoms with Gasteiger partial charge in [0.15, 0.2) is 0 Å². The van der Waals surface area contributed by atoms with Crippen molar-refractivity contribution in [1.29, 1.82) is 0 Å². The van der Waals surface area contributed by atoms with Crippen LogP contribution in [0.5, 0.6) is 0 Å². The van der Waals surface area contributed by atoms with Crippen LogP contribution >= 0.6 is 34.9 Å². The molecule has 1 N–H and O–H groups in total. The minimum Gasteiger partial charge on any atom is -0.478 e. The highest BCUT2D eigenvalue weighted by atomic mass is 32.2. The molecule has 2 nitrogen and oxygen atoms in total. The van der Waals surface area contributed by atoms with Crippen LogP contribution in [-0.2, 0) is 0 Å². The molecule has 0 spiro atoms. The number of carboxylic acid groups (broad SMARTS) is 1. The first-order valence-electron chi connectivity index (χ1n) is 4.84. The lowest BCUT2D eigenvalue weighted by Crippen LogP contribution is -2.00. The highest BCUT2D eigenvalue weighted by Gasteiger charge is 2.15. The summed E-state index contributed by atoms with van der Waals surface area (Å²) in [4.78, 5) is 12.9. The average Bonchev–Trinajstić information content (AvgIpc) is 2.81.